The van der Waals surface area contributed by atoms with E-state index >= 15 is 0 Å². The maximum atomic E-state index is 12.1. The van der Waals surface area contributed by atoms with Gasteiger partial charge in [-0.25, -0.2) is 4.98 Å². The number of oxime groups is 1. The van der Waals surface area contributed by atoms with Crippen molar-refractivity contribution in [3.05, 3.63) is 86.4 Å². The smallest absolute Gasteiger partial charge is 0.202 e. The van der Waals surface area contributed by atoms with Crippen LogP contribution in [0.3, 0.4) is 0 Å². The summed E-state index contributed by atoms with van der Waals surface area (Å²) in [5.74, 6) is 0.301. The second kappa shape index (κ2) is 9.64. The number of aromatic nitrogens is 1. The van der Waals surface area contributed by atoms with Crippen LogP contribution in [0.4, 0.5) is 0 Å². The zero-order valence-electron chi connectivity index (χ0n) is 20.4. The van der Waals surface area contributed by atoms with Crippen molar-refractivity contribution in [3.63, 3.8) is 0 Å². The Morgan fingerprint density at radius 1 is 1.11 bits per heavy atom. The lowest BCUT2D eigenvalue weighted by Crippen LogP contribution is -2.51. The zero-order chi connectivity index (χ0) is 24.6. The minimum absolute atomic E-state index is 0.0642. The highest BCUT2D eigenvalue weighted by Gasteiger charge is 2.40. The number of benzene rings is 2. The molecule has 2 aromatic carbocycles. The Hall–Kier alpha value is -2.87. The van der Waals surface area contributed by atoms with Crippen molar-refractivity contribution >= 4 is 23.3 Å². The van der Waals surface area contributed by atoms with Gasteiger partial charge in [0.15, 0.2) is 12.4 Å². The van der Waals surface area contributed by atoms with Gasteiger partial charge >= 0.3 is 0 Å². The van der Waals surface area contributed by atoms with E-state index in [0.29, 0.717) is 37.3 Å². The number of nitrogens with zero attached hydrogens (tertiary/aromatic N) is 3. The molecule has 35 heavy (non-hydrogen) atoms. The van der Waals surface area contributed by atoms with Gasteiger partial charge in [0.2, 0.25) is 5.72 Å². The fourth-order valence-electron chi connectivity index (χ4n) is 5.16. The van der Waals surface area contributed by atoms with Gasteiger partial charge in [-0.2, -0.15) is 0 Å². The molecule has 5 rings (SSSR count). The minimum Gasteiger partial charge on any atom is -0.387 e. The van der Waals surface area contributed by atoms with Crippen LogP contribution in [-0.2, 0) is 15.4 Å². The Labute approximate surface area is 210 Å². The predicted octanol–water partition coefficient (Wildman–Crippen LogP) is 5.16. The SMILES string of the molecule is Cc1ccc(C)c(C(O)(C=O)N2CCC(c3nc(C4=NOC(c5ccccc5C)C4)cs3)CC2)c1. The number of hydrogen-bond donors (Lipinski definition) is 1. The number of aliphatic hydroxyl groups is 1. The van der Waals surface area contributed by atoms with Crippen LogP contribution < -0.4 is 0 Å². The summed E-state index contributed by atoms with van der Waals surface area (Å²) in [6.07, 6.45) is 3.01. The van der Waals surface area contributed by atoms with Crippen molar-refractivity contribution in [3.8, 4) is 0 Å². The molecule has 2 aliphatic heterocycles. The number of carbonyl (C=O) groups is 1. The van der Waals surface area contributed by atoms with Crippen LogP contribution in [0.25, 0.3) is 0 Å². The summed E-state index contributed by atoms with van der Waals surface area (Å²) in [6, 6.07) is 14.1. The first kappa shape index (κ1) is 23.9. The van der Waals surface area contributed by atoms with Crippen LogP contribution in [0.1, 0.15) is 69.8 Å². The largest absolute Gasteiger partial charge is 0.387 e. The normalized spacial score (nSPS) is 20.8. The second-order valence-electron chi connectivity index (χ2n) is 9.69. The number of likely N-dealkylation sites (tertiary alicyclic amines) is 1. The lowest BCUT2D eigenvalue weighted by molar-refractivity contribution is -0.153. The van der Waals surface area contributed by atoms with E-state index in [2.05, 4.69) is 29.6 Å². The molecule has 0 aliphatic carbocycles. The van der Waals surface area contributed by atoms with Gasteiger partial charge in [0.1, 0.15) is 5.71 Å². The van der Waals surface area contributed by atoms with Crippen LogP contribution in [-0.4, -0.2) is 40.1 Å². The molecule has 0 spiro atoms. The van der Waals surface area contributed by atoms with Gasteiger partial charge in [-0.05, 0) is 50.3 Å². The number of carbonyl (C=O) groups excluding carboxylic acids is 1. The van der Waals surface area contributed by atoms with Crippen molar-refractivity contribution in [1.82, 2.24) is 9.88 Å². The Bertz CT molecular complexity index is 1260. The molecule has 1 saturated heterocycles. The molecule has 3 aromatic rings. The van der Waals surface area contributed by atoms with Crippen LogP contribution >= 0.6 is 11.3 Å². The van der Waals surface area contributed by atoms with Crippen molar-refractivity contribution in [2.24, 2.45) is 5.16 Å². The fraction of sp³-hybridized carbons (Fsp3) is 0.393. The first-order valence-electron chi connectivity index (χ1n) is 12.1. The number of piperidine rings is 1. The Morgan fingerprint density at radius 2 is 1.89 bits per heavy atom. The van der Waals surface area contributed by atoms with E-state index in [1.807, 2.05) is 49.1 Å². The van der Waals surface area contributed by atoms with E-state index < -0.39 is 5.72 Å². The van der Waals surface area contributed by atoms with Gasteiger partial charge in [0, 0.05) is 36.4 Å². The Morgan fingerprint density at radius 3 is 2.63 bits per heavy atom. The predicted molar refractivity (Wildman–Crippen MR) is 138 cm³/mol. The van der Waals surface area contributed by atoms with E-state index in [0.717, 1.165) is 40.4 Å². The Balaban J connectivity index is 1.25. The van der Waals surface area contributed by atoms with Gasteiger partial charge < -0.3 is 9.94 Å². The molecule has 2 aliphatic rings. The number of thiazole rings is 1. The summed E-state index contributed by atoms with van der Waals surface area (Å²) in [5, 5.41) is 18.9. The molecular formula is C28H31N3O3S. The molecule has 182 valence electrons. The molecule has 1 fully saturated rings. The van der Waals surface area contributed by atoms with Crippen molar-refractivity contribution in [2.75, 3.05) is 13.1 Å². The number of aldehydes is 1. The van der Waals surface area contributed by atoms with Gasteiger partial charge in [-0.1, -0.05) is 53.2 Å². The van der Waals surface area contributed by atoms with Gasteiger partial charge in [0.25, 0.3) is 0 Å². The van der Waals surface area contributed by atoms with Gasteiger partial charge in [-0.15, -0.1) is 11.3 Å². The summed E-state index contributed by atoms with van der Waals surface area (Å²) in [5.41, 5.74) is 5.17. The third kappa shape index (κ3) is 4.56. The molecule has 7 heteroatoms. The van der Waals surface area contributed by atoms with Crippen LogP contribution in [0.5, 0.6) is 0 Å². The maximum absolute atomic E-state index is 12.1. The number of rotatable bonds is 6. The third-order valence-corrected chi connectivity index (χ3v) is 8.31. The lowest BCUT2D eigenvalue weighted by atomic mass is 9.91. The molecule has 0 amide bonds. The van der Waals surface area contributed by atoms with Crippen LogP contribution in [0.15, 0.2) is 53.0 Å². The van der Waals surface area contributed by atoms with Crippen molar-refractivity contribution in [2.45, 2.75) is 57.8 Å². The van der Waals surface area contributed by atoms with Crippen molar-refractivity contribution < 1.29 is 14.7 Å². The molecule has 0 bridgehead atoms. The molecule has 6 nitrogen and oxygen atoms in total. The van der Waals surface area contributed by atoms with E-state index in [1.54, 1.807) is 11.3 Å². The summed E-state index contributed by atoms with van der Waals surface area (Å²) in [7, 11) is 0. The summed E-state index contributed by atoms with van der Waals surface area (Å²) >= 11 is 1.66. The summed E-state index contributed by atoms with van der Waals surface area (Å²) in [6.45, 7) is 7.26. The minimum atomic E-state index is -1.60. The first-order chi connectivity index (χ1) is 16.9. The average Bonchev–Trinajstić information content (AvgIpc) is 3.56. The van der Waals surface area contributed by atoms with E-state index in [-0.39, 0.29) is 6.10 Å². The number of aryl methyl sites for hydroxylation is 3. The molecular weight excluding hydrogens is 458 g/mol. The molecule has 0 saturated carbocycles. The molecule has 1 N–H and O–H groups in total. The van der Waals surface area contributed by atoms with Gasteiger partial charge in [-0.3, -0.25) is 9.69 Å². The van der Waals surface area contributed by atoms with Gasteiger partial charge in [0.05, 0.1) is 10.7 Å². The van der Waals surface area contributed by atoms with Crippen LogP contribution in [0.2, 0.25) is 0 Å². The molecule has 0 radical (unpaired) electrons. The highest BCUT2D eigenvalue weighted by molar-refractivity contribution is 7.10. The Kier molecular flexibility index (Phi) is 6.57. The monoisotopic (exact) mass is 489 g/mol. The van der Waals surface area contributed by atoms with Crippen molar-refractivity contribution in [1.29, 1.82) is 0 Å². The highest BCUT2D eigenvalue weighted by Crippen LogP contribution is 2.37. The highest BCUT2D eigenvalue weighted by atomic mass is 32.1. The number of hydrogen-bond acceptors (Lipinski definition) is 7. The third-order valence-electron chi connectivity index (χ3n) is 7.30. The first-order valence-corrected chi connectivity index (χ1v) is 13.0. The standard InChI is InChI=1S/C28H31N3O3S/c1-18-8-9-20(3)23(14-18)28(33,17-32)31-12-10-21(11-13-31)27-29-25(16-35-27)24-15-26(34-30-24)22-7-5-4-6-19(22)2/h4-9,14,16-17,21,26,33H,10-13,15H2,1-3H3. The maximum Gasteiger partial charge on any atom is 0.202 e. The molecule has 2 atom stereocenters. The zero-order valence-corrected chi connectivity index (χ0v) is 21.2. The topological polar surface area (TPSA) is 75.0 Å². The fourth-order valence-corrected chi connectivity index (χ4v) is 6.16. The van der Waals surface area contributed by atoms with E-state index in [1.165, 1.54) is 11.1 Å². The quantitative estimate of drug-likeness (QED) is 0.484. The molecule has 1 aromatic heterocycles. The van der Waals surface area contributed by atoms with Crippen LogP contribution in [0, 0.1) is 20.8 Å². The van der Waals surface area contributed by atoms with E-state index in [9.17, 15) is 9.90 Å². The lowest BCUT2D eigenvalue weighted by Gasteiger charge is -2.41. The summed E-state index contributed by atoms with van der Waals surface area (Å²) in [4.78, 5) is 24.7. The summed E-state index contributed by atoms with van der Waals surface area (Å²) < 4.78 is 0. The second-order valence-corrected chi connectivity index (χ2v) is 10.6. The molecule has 3 heterocycles. The average molecular weight is 490 g/mol. The molecule has 2 unspecified atom stereocenters. The van der Waals surface area contributed by atoms with E-state index in [4.69, 9.17) is 9.82 Å².